The molecule has 16 heavy (non-hydrogen) atoms. The summed E-state index contributed by atoms with van der Waals surface area (Å²) in [5.41, 5.74) is 0.0894. The molecule has 0 saturated carbocycles. The lowest BCUT2D eigenvalue weighted by Gasteiger charge is -2.51. The van der Waals surface area contributed by atoms with Gasteiger partial charge in [-0.3, -0.25) is 9.69 Å². The molecule has 1 heterocycles. The van der Waals surface area contributed by atoms with Gasteiger partial charge in [-0.25, -0.2) is 0 Å². The third kappa shape index (κ3) is 2.76. The predicted molar refractivity (Wildman–Crippen MR) is 65.4 cm³/mol. The number of nitrogens with zero attached hydrogens (tertiary/aromatic N) is 1. The van der Waals surface area contributed by atoms with E-state index >= 15 is 0 Å². The van der Waals surface area contributed by atoms with E-state index in [9.17, 15) is 9.90 Å². The first-order valence-corrected chi connectivity index (χ1v) is 6.00. The summed E-state index contributed by atoms with van der Waals surface area (Å²) in [6.45, 7) is 14.5. The van der Waals surface area contributed by atoms with Crippen LogP contribution in [0.3, 0.4) is 0 Å². The van der Waals surface area contributed by atoms with Crippen LogP contribution < -0.4 is 0 Å². The highest BCUT2D eigenvalue weighted by molar-refractivity contribution is 5.74. The zero-order valence-electron chi connectivity index (χ0n) is 11.4. The lowest BCUT2D eigenvalue weighted by atomic mass is 9.73. The first-order chi connectivity index (χ1) is 7.03. The first-order valence-electron chi connectivity index (χ1n) is 6.00. The minimum atomic E-state index is -0.695. The van der Waals surface area contributed by atoms with Crippen molar-refractivity contribution in [3.63, 3.8) is 0 Å². The van der Waals surface area contributed by atoms with Crippen molar-refractivity contribution in [2.45, 2.75) is 47.6 Å². The molecule has 1 aliphatic rings. The molecule has 1 aliphatic heterocycles. The molecular formula is C13H25NO2. The van der Waals surface area contributed by atoms with Crippen LogP contribution in [0.15, 0.2) is 0 Å². The highest BCUT2D eigenvalue weighted by atomic mass is 16.4. The molecule has 1 fully saturated rings. The van der Waals surface area contributed by atoms with Gasteiger partial charge < -0.3 is 5.11 Å². The molecule has 0 spiro atoms. The number of carbonyl (C=O) groups is 1. The van der Waals surface area contributed by atoms with Gasteiger partial charge in [0.25, 0.3) is 0 Å². The van der Waals surface area contributed by atoms with E-state index in [-0.39, 0.29) is 16.9 Å². The number of carboxylic acids is 1. The van der Waals surface area contributed by atoms with Crippen molar-refractivity contribution in [2.24, 2.45) is 16.7 Å². The van der Waals surface area contributed by atoms with Crippen molar-refractivity contribution in [1.29, 1.82) is 0 Å². The lowest BCUT2D eigenvalue weighted by Crippen LogP contribution is -2.61. The second-order valence-corrected chi connectivity index (χ2v) is 7.12. The van der Waals surface area contributed by atoms with Crippen LogP contribution in [0.2, 0.25) is 0 Å². The standard InChI is InChI=1S/C13H25NO2/c1-12(2,3)9-7-14(8-9)10(11(15)16)13(4,5)6/h9-10H,7-8H2,1-6H3,(H,15,16). The van der Waals surface area contributed by atoms with Crippen molar-refractivity contribution in [3.05, 3.63) is 0 Å². The number of rotatable bonds is 2. The largest absolute Gasteiger partial charge is 0.480 e. The zero-order valence-corrected chi connectivity index (χ0v) is 11.4. The van der Waals surface area contributed by atoms with Gasteiger partial charge in [-0.05, 0) is 16.7 Å². The molecular weight excluding hydrogens is 202 g/mol. The summed E-state index contributed by atoms with van der Waals surface area (Å²) in [5, 5.41) is 9.29. The molecule has 0 aromatic heterocycles. The minimum absolute atomic E-state index is 0.200. The average molecular weight is 227 g/mol. The van der Waals surface area contributed by atoms with E-state index in [1.807, 2.05) is 20.8 Å². The Hall–Kier alpha value is -0.570. The van der Waals surface area contributed by atoms with Crippen molar-refractivity contribution < 1.29 is 9.90 Å². The summed E-state index contributed by atoms with van der Waals surface area (Å²) >= 11 is 0. The Balaban J connectivity index is 2.64. The van der Waals surface area contributed by atoms with E-state index in [0.717, 1.165) is 13.1 Å². The van der Waals surface area contributed by atoms with Gasteiger partial charge in [0.05, 0.1) is 0 Å². The smallest absolute Gasteiger partial charge is 0.321 e. The fourth-order valence-electron chi connectivity index (χ4n) is 2.35. The Kier molecular flexibility index (Phi) is 3.39. The Bertz CT molecular complexity index is 267. The number of carboxylic acid groups (broad SMARTS) is 1. The Morgan fingerprint density at radius 2 is 1.62 bits per heavy atom. The highest BCUT2D eigenvalue weighted by Gasteiger charge is 2.45. The van der Waals surface area contributed by atoms with Crippen LogP contribution in [-0.4, -0.2) is 35.1 Å². The molecule has 0 radical (unpaired) electrons. The monoisotopic (exact) mass is 227 g/mol. The van der Waals surface area contributed by atoms with Crippen LogP contribution in [0.4, 0.5) is 0 Å². The van der Waals surface area contributed by atoms with E-state index in [2.05, 4.69) is 25.7 Å². The van der Waals surface area contributed by atoms with Crippen molar-refractivity contribution in [3.8, 4) is 0 Å². The van der Waals surface area contributed by atoms with Crippen molar-refractivity contribution in [2.75, 3.05) is 13.1 Å². The fourth-order valence-corrected chi connectivity index (χ4v) is 2.35. The molecule has 94 valence electrons. The maximum absolute atomic E-state index is 11.3. The molecule has 1 saturated heterocycles. The summed E-state index contributed by atoms with van der Waals surface area (Å²) in [6, 6.07) is -0.355. The lowest BCUT2D eigenvalue weighted by molar-refractivity contribution is -0.154. The Morgan fingerprint density at radius 1 is 1.19 bits per heavy atom. The van der Waals surface area contributed by atoms with Crippen molar-refractivity contribution >= 4 is 5.97 Å². The molecule has 3 heteroatoms. The SMILES string of the molecule is CC(C)(C)C1CN(C(C(=O)O)C(C)(C)C)C1. The summed E-state index contributed by atoms with van der Waals surface area (Å²) in [5.74, 6) is -0.0726. The van der Waals surface area contributed by atoms with Crippen LogP contribution in [0.5, 0.6) is 0 Å². The third-order valence-electron chi connectivity index (χ3n) is 3.55. The minimum Gasteiger partial charge on any atom is -0.480 e. The van der Waals surface area contributed by atoms with E-state index in [4.69, 9.17) is 0 Å². The predicted octanol–water partition coefficient (Wildman–Crippen LogP) is 2.46. The molecule has 0 aromatic rings. The summed E-state index contributed by atoms with van der Waals surface area (Å²) in [4.78, 5) is 13.4. The fraction of sp³-hybridized carbons (Fsp3) is 0.923. The molecule has 1 unspecified atom stereocenters. The van der Waals surface area contributed by atoms with Crippen LogP contribution in [0.25, 0.3) is 0 Å². The van der Waals surface area contributed by atoms with Crippen LogP contribution >= 0.6 is 0 Å². The summed E-state index contributed by atoms with van der Waals surface area (Å²) in [6.07, 6.45) is 0. The van der Waals surface area contributed by atoms with Gasteiger partial charge in [0, 0.05) is 13.1 Å². The van der Waals surface area contributed by atoms with Crippen LogP contribution in [0, 0.1) is 16.7 Å². The Labute approximate surface area is 98.8 Å². The van der Waals surface area contributed by atoms with E-state index in [1.54, 1.807) is 0 Å². The van der Waals surface area contributed by atoms with E-state index < -0.39 is 5.97 Å². The second kappa shape index (κ2) is 4.02. The van der Waals surface area contributed by atoms with Crippen LogP contribution in [-0.2, 0) is 4.79 Å². The maximum Gasteiger partial charge on any atom is 0.321 e. The topological polar surface area (TPSA) is 40.5 Å². The second-order valence-electron chi connectivity index (χ2n) is 7.12. The molecule has 3 nitrogen and oxygen atoms in total. The van der Waals surface area contributed by atoms with Crippen LogP contribution in [0.1, 0.15) is 41.5 Å². The van der Waals surface area contributed by atoms with Gasteiger partial charge in [-0.1, -0.05) is 41.5 Å². The molecule has 1 rings (SSSR count). The number of likely N-dealkylation sites (tertiary alicyclic amines) is 1. The molecule has 0 aliphatic carbocycles. The molecule has 1 N–H and O–H groups in total. The van der Waals surface area contributed by atoms with Gasteiger partial charge in [0.1, 0.15) is 6.04 Å². The number of hydrogen-bond donors (Lipinski definition) is 1. The summed E-state index contributed by atoms with van der Waals surface area (Å²) in [7, 11) is 0. The number of aliphatic carboxylic acids is 1. The molecule has 0 bridgehead atoms. The third-order valence-corrected chi connectivity index (χ3v) is 3.55. The molecule has 0 aromatic carbocycles. The van der Waals surface area contributed by atoms with Gasteiger partial charge >= 0.3 is 5.97 Å². The zero-order chi connectivity index (χ0) is 12.7. The van der Waals surface area contributed by atoms with Gasteiger partial charge in [0.15, 0.2) is 0 Å². The first kappa shape index (κ1) is 13.5. The van der Waals surface area contributed by atoms with Gasteiger partial charge in [0.2, 0.25) is 0 Å². The Morgan fingerprint density at radius 3 is 1.88 bits per heavy atom. The highest BCUT2D eigenvalue weighted by Crippen LogP contribution is 2.38. The number of hydrogen-bond acceptors (Lipinski definition) is 2. The average Bonchev–Trinajstić information content (AvgIpc) is 1.88. The maximum atomic E-state index is 11.3. The van der Waals surface area contributed by atoms with Crippen molar-refractivity contribution in [1.82, 2.24) is 4.90 Å². The van der Waals surface area contributed by atoms with E-state index in [0.29, 0.717) is 5.92 Å². The van der Waals surface area contributed by atoms with E-state index in [1.165, 1.54) is 0 Å². The summed E-state index contributed by atoms with van der Waals surface area (Å²) < 4.78 is 0. The van der Waals surface area contributed by atoms with Gasteiger partial charge in [-0.2, -0.15) is 0 Å². The normalized spacial score (nSPS) is 21.6. The molecule has 0 amide bonds. The quantitative estimate of drug-likeness (QED) is 0.788. The molecule has 1 atom stereocenters. The van der Waals surface area contributed by atoms with Gasteiger partial charge in [-0.15, -0.1) is 0 Å².